The van der Waals surface area contributed by atoms with Crippen molar-refractivity contribution < 1.29 is 20.5 Å². The molecule has 0 radical (unpaired) electrons. The number of carbonyl (C=O) groups is 2. The van der Waals surface area contributed by atoms with E-state index < -0.39 is 12.1 Å². The lowest BCUT2D eigenvalue weighted by molar-refractivity contribution is -0.139. The quantitative estimate of drug-likeness (QED) is 0.473. The fraction of sp³-hybridized carbons (Fsp3) is 0.412. The van der Waals surface area contributed by atoms with E-state index in [4.69, 9.17) is 9.47 Å². The molecule has 0 saturated heterocycles. The Kier molecular flexibility index (Phi) is 7.16. The van der Waals surface area contributed by atoms with Crippen molar-refractivity contribution in [3.8, 4) is 0 Å². The number of ether oxygens (including phenoxy) is 2. The molecule has 0 fully saturated rings. The van der Waals surface area contributed by atoms with Gasteiger partial charge < -0.3 is 9.47 Å². The van der Waals surface area contributed by atoms with Crippen molar-refractivity contribution in [2.75, 3.05) is 18.5 Å². The van der Waals surface area contributed by atoms with Crippen LogP contribution in [-0.2, 0) is 20.7 Å². The molecule has 1 rings (SSSR count). The van der Waals surface area contributed by atoms with Gasteiger partial charge in [-0.2, -0.15) is 0 Å². The first-order valence-corrected chi connectivity index (χ1v) is 7.24. The number of hydrogen-bond acceptors (Lipinski definition) is 4. The maximum Gasteiger partial charge on any atom is 0.411 e. The molecule has 0 unspecified atom stereocenters. The van der Waals surface area contributed by atoms with Gasteiger partial charge in [-0.15, -0.1) is 0 Å². The normalized spacial score (nSPS) is 10.2. The molecule has 22 heavy (non-hydrogen) atoms. The summed E-state index contributed by atoms with van der Waals surface area (Å²) in [5, 5.41) is 2.61. The number of hydrogen-bond donors (Lipinski definition) is 1. The maximum absolute atomic E-state index is 11.6. The van der Waals surface area contributed by atoms with Gasteiger partial charge in [0.1, 0.15) is 13.2 Å². The van der Waals surface area contributed by atoms with Gasteiger partial charge in [0.25, 0.3) is 0 Å². The van der Waals surface area contributed by atoms with Crippen LogP contribution in [0.3, 0.4) is 0 Å². The first kappa shape index (κ1) is 17.8. The average Bonchev–Trinajstić information content (AvgIpc) is 2.44. The number of anilines is 1. The van der Waals surface area contributed by atoms with Crippen LogP contribution >= 0.6 is 0 Å². The van der Waals surface area contributed by atoms with Gasteiger partial charge in [-0.1, -0.05) is 32.6 Å². The Balaban J connectivity index is 0.00000484. The van der Waals surface area contributed by atoms with Crippen LogP contribution in [0, 0.1) is 5.92 Å². The lowest BCUT2D eigenvalue weighted by atomic mass is 10.0. The van der Waals surface area contributed by atoms with E-state index in [1.54, 1.807) is 6.92 Å². The number of rotatable bonds is 7. The minimum absolute atomic E-state index is 0. The minimum Gasteiger partial charge on any atom is -0.459 e. The van der Waals surface area contributed by atoms with E-state index in [1.165, 1.54) is 5.56 Å². The SMILES string of the molecule is C=C(C)C(=O)OCCOC(=O)Nc1ccc(CC(C)C)cc1.[HH]. The first-order chi connectivity index (χ1) is 10.4. The Morgan fingerprint density at radius 2 is 1.77 bits per heavy atom. The molecular formula is C17H25NO4. The zero-order chi connectivity index (χ0) is 16.5. The molecular weight excluding hydrogens is 282 g/mol. The smallest absolute Gasteiger partial charge is 0.411 e. The van der Waals surface area contributed by atoms with E-state index in [-0.39, 0.29) is 14.6 Å². The summed E-state index contributed by atoms with van der Waals surface area (Å²) >= 11 is 0. The zero-order valence-corrected chi connectivity index (χ0v) is 13.3. The molecule has 0 aliphatic carbocycles. The standard InChI is InChI=1S/C17H23NO4.H2/c1-12(2)11-14-5-7-15(8-6-14)18-17(20)22-10-9-21-16(19)13(3)4;/h5-8,12H,3,9-11H2,1-2,4H3,(H,18,20);1H. The van der Waals surface area contributed by atoms with Crippen LogP contribution in [-0.4, -0.2) is 25.3 Å². The summed E-state index contributed by atoms with van der Waals surface area (Å²) in [7, 11) is 0. The van der Waals surface area contributed by atoms with E-state index >= 15 is 0 Å². The van der Waals surface area contributed by atoms with E-state index in [9.17, 15) is 9.59 Å². The molecule has 0 saturated carbocycles. The highest BCUT2D eigenvalue weighted by atomic mass is 16.6. The predicted octanol–water partition coefficient (Wildman–Crippen LogP) is 3.80. The zero-order valence-electron chi connectivity index (χ0n) is 13.3. The molecule has 5 heteroatoms. The van der Waals surface area contributed by atoms with Crippen molar-refractivity contribution in [3.63, 3.8) is 0 Å². The van der Waals surface area contributed by atoms with Crippen LogP contribution in [0.15, 0.2) is 36.4 Å². The van der Waals surface area contributed by atoms with Crippen LogP contribution in [0.2, 0.25) is 0 Å². The topological polar surface area (TPSA) is 64.6 Å². The van der Waals surface area contributed by atoms with Crippen LogP contribution < -0.4 is 5.32 Å². The Hall–Kier alpha value is -2.30. The highest BCUT2D eigenvalue weighted by Gasteiger charge is 2.06. The van der Waals surface area contributed by atoms with Gasteiger partial charge in [0.15, 0.2) is 0 Å². The summed E-state index contributed by atoms with van der Waals surface area (Å²) < 4.78 is 9.73. The van der Waals surface area contributed by atoms with Gasteiger partial charge in [-0.25, -0.2) is 9.59 Å². The van der Waals surface area contributed by atoms with E-state index in [0.29, 0.717) is 17.2 Å². The van der Waals surface area contributed by atoms with Crippen LogP contribution in [0.5, 0.6) is 0 Å². The summed E-state index contributed by atoms with van der Waals surface area (Å²) in [6, 6.07) is 7.62. The number of benzene rings is 1. The Morgan fingerprint density at radius 3 is 2.32 bits per heavy atom. The fourth-order valence-electron chi connectivity index (χ4n) is 1.74. The molecule has 0 aromatic heterocycles. The summed E-state index contributed by atoms with van der Waals surface area (Å²) in [4.78, 5) is 22.7. The number of esters is 1. The fourth-order valence-corrected chi connectivity index (χ4v) is 1.74. The largest absolute Gasteiger partial charge is 0.459 e. The summed E-state index contributed by atoms with van der Waals surface area (Å²) in [5.74, 6) is 0.0930. The second kappa shape index (κ2) is 8.87. The number of carbonyl (C=O) groups excluding carboxylic acids is 2. The van der Waals surface area contributed by atoms with Crippen LogP contribution in [0.4, 0.5) is 10.5 Å². The maximum atomic E-state index is 11.6. The Morgan fingerprint density at radius 1 is 1.18 bits per heavy atom. The van der Waals surface area contributed by atoms with Gasteiger partial charge in [0, 0.05) is 12.7 Å². The molecule has 1 N–H and O–H groups in total. The third-order valence-electron chi connectivity index (χ3n) is 2.74. The van der Waals surface area contributed by atoms with E-state index in [0.717, 1.165) is 6.42 Å². The van der Waals surface area contributed by atoms with Crippen molar-refractivity contribution in [3.05, 3.63) is 42.0 Å². The molecule has 1 aromatic carbocycles. The lowest BCUT2D eigenvalue weighted by Crippen LogP contribution is -2.18. The molecule has 5 nitrogen and oxygen atoms in total. The second-order valence-electron chi connectivity index (χ2n) is 5.47. The highest BCUT2D eigenvalue weighted by molar-refractivity contribution is 5.87. The molecule has 0 bridgehead atoms. The van der Waals surface area contributed by atoms with Gasteiger partial charge in [0.2, 0.25) is 0 Å². The molecule has 0 heterocycles. The molecule has 0 aliphatic heterocycles. The molecule has 122 valence electrons. The molecule has 0 spiro atoms. The lowest BCUT2D eigenvalue weighted by Gasteiger charge is -2.09. The van der Waals surface area contributed by atoms with Gasteiger partial charge in [-0.3, -0.25) is 5.32 Å². The van der Waals surface area contributed by atoms with Gasteiger partial charge in [0.05, 0.1) is 0 Å². The average molecular weight is 307 g/mol. The monoisotopic (exact) mass is 307 g/mol. The summed E-state index contributed by atoms with van der Waals surface area (Å²) in [5.41, 5.74) is 2.20. The van der Waals surface area contributed by atoms with E-state index in [1.807, 2.05) is 24.3 Å². The van der Waals surface area contributed by atoms with E-state index in [2.05, 4.69) is 25.7 Å². The third kappa shape index (κ3) is 6.92. The molecule has 0 atom stereocenters. The number of nitrogens with one attached hydrogen (secondary N) is 1. The van der Waals surface area contributed by atoms with Crippen molar-refractivity contribution in [2.24, 2.45) is 5.92 Å². The predicted molar refractivity (Wildman–Crippen MR) is 87.8 cm³/mol. The molecule has 1 aromatic rings. The summed E-state index contributed by atoms with van der Waals surface area (Å²) in [6.07, 6.45) is 0.418. The Labute approximate surface area is 132 Å². The highest BCUT2D eigenvalue weighted by Crippen LogP contribution is 2.13. The number of amides is 1. The minimum atomic E-state index is -0.581. The van der Waals surface area contributed by atoms with Crippen molar-refractivity contribution >= 4 is 17.7 Å². The first-order valence-electron chi connectivity index (χ1n) is 7.24. The second-order valence-corrected chi connectivity index (χ2v) is 5.47. The summed E-state index contributed by atoms with van der Waals surface area (Å²) in [6.45, 7) is 9.33. The van der Waals surface area contributed by atoms with Crippen LogP contribution in [0.25, 0.3) is 0 Å². The van der Waals surface area contributed by atoms with Crippen molar-refractivity contribution in [1.82, 2.24) is 0 Å². The van der Waals surface area contributed by atoms with Crippen LogP contribution in [0.1, 0.15) is 27.8 Å². The third-order valence-corrected chi connectivity index (χ3v) is 2.74. The van der Waals surface area contributed by atoms with Gasteiger partial charge >= 0.3 is 12.1 Å². The van der Waals surface area contributed by atoms with Gasteiger partial charge in [-0.05, 0) is 37.0 Å². The Bertz CT molecular complexity index is 526. The molecule has 0 aliphatic rings. The van der Waals surface area contributed by atoms with Crippen molar-refractivity contribution in [1.29, 1.82) is 0 Å². The van der Waals surface area contributed by atoms with Crippen molar-refractivity contribution in [2.45, 2.75) is 27.2 Å². The molecule has 1 amide bonds.